The third-order valence-electron chi connectivity index (χ3n) is 8.09. The fourth-order valence-electron chi connectivity index (χ4n) is 5.98. The molecule has 2 aromatic carbocycles. The van der Waals surface area contributed by atoms with E-state index in [0.717, 1.165) is 55.4 Å². The Labute approximate surface area is 249 Å². The van der Waals surface area contributed by atoms with Crippen LogP contribution in [0.15, 0.2) is 48.9 Å². The summed E-state index contributed by atoms with van der Waals surface area (Å²) in [4.78, 5) is 20.2. The van der Waals surface area contributed by atoms with E-state index in [1.807, 2.05) is 35.9 Å². The molecule has 9 heteroatoms. The van der Waals surface area contributed by atoms with Gasteiger partial charge in [-0.25, -0.2) is 13.8 Å². The van der Waals surface area contributed by atoms with Crippen LogP contribution in [0.2, 0.25) is 0 Å². The topological polar surface area (TPSA) is 74.2 Å². The zero-order valence-electron chi connectivity index (χ0n) is 25.6. The highest BCUT2D eigenvalue weighted by Crippen LogP contribution is 2.26. The first kappa shape index (κ1) is 31.8. The van der Waals surface area contributed by atoms with E-state index in [1.54, 1.807) is 6.33 Å². The highest BCUT2D eigenvalue weighted by atomic mass is 19.1. The molecule has 1 aliphatic rings. The lowest BCUT2D eigenvalue weighted by molar-refractivity contribution is -0.118. The monoisotopic (exact) mass is 580 g/mol. The smallest absolute Gasteiger partial charge is 0.242 e. The van der Waals surface area contributed by atoms with Crippen LogP contribution in [0, 0.1) is 11.6 Å². The molecule has 0 saturated carbocycles. The third-order valence-corrected chi connectivity index (χ3v) is 8.09. The maximum atomic E-state index is 14.4. The molecule has 1 aliphatic carbocycles. The van der Waals surface area contributed by atoms with Crippen molar-refractivity contribution >= 4 is 11.7 Å². The Morgan fingerprint density at radius 2 is 1.90 bits per heavy atom. The zero-order valence-corrected chi connectivity index (χ0v) is 25.6. The molecule has 42 heavy (non-hydrogen) atoms. The summed E-state index contributed by atoms with van der Waals surface area (Å²) in [6.45, 7) is 13.5. The van der Waals surface area contributed by atoms with Crippen LogP contribution in [0.5, 0.6) is 0 Å². The van der Waals surface area contributed by atoms with Crippen LogP contribution < -0.4 is 16.0 Å². The van der Waals surface area contributed by atoms with Gasteiger partial charge in [0.15, 0.2) is 5.82 Å². The minimum absolute atomic E-state index is 0.0650. The second kappa shape index (κ2) is 14.8. The molecule has 7 nitrogen and oxygen atoms in total. The molecule has 228 valence electrons. The summed E-state index contributed by atoms with van der Waals surface area (Å²) in [6, 6.07) is 11.0. The van der Waals surface area contributed by atoms with Crippen LogP contribution in [0.1, 0.15) is 70.6 Å². The van der Waals surface area contributed by atoms with E-state index in [0.29, 0.717) is 42.7 Å². The Balaban J connectivity index is 1.36. The number of amides is 1. The number of carbonyl (C=O) groups excluding carboxylic acids is 1. The van der Waals surface area contributed by atoms with Gasteiger partial charge in [0.05, 0.1) is 17.9 Å². The number of hydrogen-bond acceptors (Lipinski definition) is 5. The molecule has 3 aromatic rings. The Kier molecular flexibility index (Phi) is 11.2. The van der Waals surface area contributed by atoms with Gasteiger partial charge in [-0.15, -0.1) is 0 Å². The maximum Gasteiger partial charge on any atom is 0.242 e. The minimum atomic E-state index is -0.543. The molecule has 1 amide bonds. The first-order chi connectivity index (χ1) is 20.2. The summed E-state index contributed by atoms with van der Waals surface area (Å²) in [6.07, 6.45) is 6.73. The fraction of sp³-hybridized carbons (Fsp3) is 0.515. The van der Waals surface area contributed by atoms with Gasteiger partial charge in [-0.2, -0.15) is 0 Å². The number of imidazole rings is 1. The number of carbonyl (C=O) groups is 1. The number of hydrogen-bond donors (Lipinski definition) is 3. The molecule has 4 rings (SSSR count). The van der Waals surface area contributed by atoms with Gasteiger partial charge in [-0.3, -0.25) is 9.69 Å². The van der Waals surface area contributed by atoms with Crippen LogP contribution in [0.3, 0.4) is 0 Å². The highest BCUT2D eigenvalue weighted by Gasteiger charge is 2.27. The van der Waals surface area contributed by atoms with E-state index in [-0.39, 0.29) is 11.9 Å². The molecule has 1 heterocycles. The van der Waals surface area contributed by atoms with Crippen LogP contribution >= 0.6 is 0 Å². The van der Waals surface area contributed by atoms with E-state index in [2.05, 4.69) is 59.6 Å². The van der Waals surface area contributed by atoms with Gasteiger partial charge in [0, 0.05) is 43.8 Å². The SMILES string of the molecule is CCC[C@@H](N[C@H]1CCc2cc(F)cc(F)c2C1)C(=O)Nc1cn(-c2ccccc2CNCCN(C(C)C)C(C)C)cn1. The van der Waals surface area contributed by atoms with Gasteiger partial charge < -0.3 is 20.5 Å². The second-order valence-electron chi connectivity index (χ2n) is 11.9. The molecule has 0 spiro atoms. The van der Waals surface area contributed by atoms with Crippen molar-refractivity contribution < 1.29 is 13.6 Å². The van der Waals surface area contributed by atoms with E-state index >= 15 is 0 Å². The van der Waals surface area contributed by atoms with Gasteiger partial charge in [0.1, 0.15) is 18.0 Å². The number of aromatic nitrogens is 2. The molecule has 3 N–H and O–H groups in total. The molecular weight excluding hydrogens is 534 g/mol. The van der Waals surface area contributed by atoms with Crippen molar-refractivity contribution in [1.29, 1.82) is 0 Å². The summed E-state index contributed by atoms with van der Waals surface area (Å²) >= 11 is 0. The highest BCUT2D eigenvalue weighted by molar-refractivity contribution is 5.94. The lowest BCUT2D eigenvalue weighted by atomic mass is 9.87. The Morgan fingerprint density at radius 3 is 2.64 bits per heavy atom. The van der Waals surface area contributed by atoms with Gasteiger partial charge in [-0.05, 0) is 82.2 Å². The van der Waals surface area contributed by atoms with Crippen LogP contribution in [-0.2, 0) is 24.2 Å². The molecule has 2 atom stereocenters. The van der Waals surface area contributed by atoms with Crippen LogP contribution in [-0.4, -0.2) is 57.6 Å². The fourth-order valence-corrected chi connectivity index (χ4v) is 5.98. The largest absolute Gasteiger partial charge is 0.311 e. The number of nitrogens with zero attached hydrogens (tertiary/aromatic N) is 3. The van der Waals surface area contributed by atoms with Gasteiger partial charge in [0.2, 0.25) is 5.91 Å². The molecule has 1 aromatic heterocycles. The van der Waals surface area contributed by atoms with Crippen molar-refractivity contribution in [2.75, 3.05) is 18.4 Å². The number of fused-ring (bicyclic) bond motifs is 1. The molecular formula is C33H46F2N6O. The van der Waals surface area contributed by atoms with Crippen molar-refractivity contribution in [1.82, 2.24) is 25.1 Å². The number of nitrogens with one attached hydrogen (secondary N) is 3. The van der Waals surface area contributed by atoms with Crippen molar-refractivity contribution in [2.45, 2.75) is 97.4 Å². The van der Waals surface area contributed by atoms with Gasteiger partial charge in [0.25, 0.3) is 0 Å². The van der Waals surface area contributed by atoms with E-state index in [4.69, 9.17) is 0 Å². The quantitative estimate of drug-likeness (QED) is 0.216. The number of aryl methyl sites for hydroxylation is 1. The molecule has 0 radical (unpaired) electrons. The van der Waals surface area contributed by atoms with Crippen molar-refractivity contribution in [3.63, 3.8) is 0 Å². The number of rotatable bonds is 14. The van der Waals surface area contributed by atoms with E-state index < -0.39 is 17.7 Å². The molecule has 0 fully saturated rings. The number of halogens is 2. The number of benzene rings is 2. The Hall–Kier alpha value is -3.14. The third kappa shape index (κ3) is 8.24. The molecule has 0 unspecified atom stereocenters. The van der Waals surface area contributed by atoms with Crippen LogP contribution in [0.4, 0.5) is 14.6 Å². The van der Waals surface area contributed by atoms with Gasteiger partial charge in [-0.1, -0.05) is 31.5 Å². The Morgan fingerprint density at radius 1 is 1.14 bits per heavy atom. The maximum absolute atomic E-state index is 14.4. The predicted octanol–water partition coefficient (Wildman–Crippen LogP) is 5.61. The molecule has 0 aliphatic heterocycles. The van der Waals surface area contributed by atoms with Crippen molar-refractivity contribution in [3.8, 4) is 5.69 Å². The number of para-hydroxylation sites is 1. The summed E-state index contributed by atoms with van der Waals surface area (Å²) in [5.74, 6) is -0.742. The molecule has 0 saturated heterocycles. The number of anilines is 1. The van der Waals surface area contributed by atoms with E-state index in [1.165, 1.54) is 6.07 Å². The van der Waals surface area contributed by atoms with E-state index in [9.17, 15) is 13.6 Å². The van der Waals surface area contributed by atoms with Crippen molar-refractivity contribution in [3.05, 3.63) is 77.2 Å². The standard InChI is InChI=1S/C33H46F2N6O/c1-6-9-30(38-27-13-12-24-16-26(34)17-29(35)28(24)18-27)33(42)39-32-20-40(21-37-32)31-11-8-7-10-25(31)19-36-14-15-41(22(2)3)23(4)5/h7-8,10-11,16-17,20-23,27,30,36,38H,6,9,12-15,18-19H2,1-5H3,(H,39,42)/t27-,30+/m0/s1. The summed E-state index contributed by atoms with van der Waals surface area (Å²) in [5.41, 5.74) is 3.41. The molecule has 0 bridgehead atoms. The summed E-state index contributed by atoms with van der Waals surface area (Å²) < 4.78 is 30.0. The van der Waals surface area contributed by atoms with Crippen LogP contribution in [0.25, 0.3) is 5.69 Å². The Bertz CT molecular complexity index is 1320. The first-order valence-electron chi connectivity index (χ1n) is 15.3. The first-order valence-corrected chi connectivity index (χ1v) is 15.3. The lowest BCUT2D eigenvalue weighted by Gasteiger charge is -2.30. The van der Waals surface area contributed by atoms with Crippen molar-refractivity contribution in [2.24, 2.45) is 0 Å². The average molecular weight is 581 g/mol. The summed E-state index contributed by atoms with van der Waals surface area (Å²) in [5, 5.41) is 9.99. The normalized spacial score (nSPS) is 15.8. The average Bonchev–Trinajstić information content (AvgIpc) is 3.41. The minimum Gasteiger partial charge on any atom is -0.311 e. The van der Waals surface area contributed by atoms with Gasteiger partial charge >= 0.3 is 0 Å². The zero-order chi connectivity index (χ0) is 30.2. The summed E-state index contributed by atoms with van der Waals surface area (Å²) in [7, 11) is 0. The lowest BCUT2D eigenvalue weighted by Crippen LogP contribution is -2.48. The predicted molar refractivity (Wildman–Crippen MR) is 165 cm³/mol. The second-order valence-corrected chi connectivity index (χ2v) is 11.9.